The number of amides is 3. The SMILES string of the molecule is CCOC(=O)CN(CCOC)C(=O)c1ccc2c(c1)C(=O)N(CCCOC)C2=O. The molecule has 0 unspecified atom stereocenters. The van der Waals surface area contributed by atoms with Crippen LogP contribution in [0.4, 0.5) is 0 Å². The van der Waals surface area contributed by atoms with Gasteiger partial charge in [-0.3, -0.25) is 24.1 Å². The zero-order chi connectivity index (χ0) is 21.4. The van der Waals surface area contributed by atoms with Crippen LogP contribution in [-0.2, 0) is 19.0 Å². The number of nitrogens with zero attached hydrogens (tertiary/aromatic N) is 2. The first-order chi connectivity index (χ1) is 13.9. The summed E-state index contributed by atoms with van der Waals surface area (Å²) in [6.07, 6.45) is 0.526. The van der Waals surface area contributed by atoms with E-state index in [-0.39, 0.29) is 55.4 Å². The smallest absolute Gasteiger partial charge is 0.325 e. The lowest BCUT2D eigenvalue weighted by molar-refractivity contribution is -0.143. The molecular weight excluding hydrogens is 380 g/mol. The van der Waals surface area contributed by atoms with Crippen molar-refractivity contribution in [2.45, 2.75) is 13.3 Å². The lowest BCUT2D eigenvalue weighted by atomic mass is 10.0. The minimum absolute atomic E-state index is 0.182. The molecule has 0 radical (unpaired) electrons. The molecule has 0 fully saturated rings. The van der Waals surface area contributed by atoms with Crippen LogP contribution in [0.25, 0.3) is 0 Å². The van der Waals surface area contributed by atoms with Crippen molar-refractivity contribution in [3.8, 4) is 0 Å². The maximum absolute atomic E-state index is 12.9. The Morgan fingerprint density at radius 2 is 1.72 bits per heavy atom. The Balaban J connectivity index is 2.21. The molecule has 1 aromatic rings. The molecule has 0 saturated heterocycles. The van der Waals surface area contributed by atoms with Gasteiger partial charge in [0, 0.05) is 39.5 Å². The number of methoxy groups -OCH3 is 2. The fourth-order valence-corrected chi connectivity index (χ4v) is 2.99. The highest BCUT2D eigenvalue weighted by molar-refractivity contribution is 6.22. The van der Waals surface area contributed by atoms with Gasteiger partial charge in [-0.15, -0.1) is 0 Å². The molecule has 2 rings (SSSR count). The van der Waals surface area contributed by atoms with E-state index in [1.165, 1.54) is 30.2 Å². The Kier molecular flexibility index (Phi) is 8.29. The van der Waals surface area contributed by atoms with Crippen LogP contribution in [0, 0.1) is 0 Å². The van der Waals surface area contributed by atoms with Crippen molar-refractivity contribution in [1.29, 1.82) is 0 Å². The summed E-state index contributed by atoms with van der Waals surface area (Å²) in [5.74, 6) is -1.81. The molecule has 0 bridgehead atoms. The molecule has 29 heavy (non-hydrogen) atoms. The average molecular weight is 406 g/mol. The van der Waals surface area contributed by atoms with E-state index in [0.717, 1.165) is 4.90 Å². The number of imide groups is 1. The second-order valence-corrected chi connectivity index (χ2v) is 6.39. The predicted octanol–water partition coefficient (Wildman–Crippen LogP) is 0.971. The molecule has 3 amide bonds. The molecule has 9 nitrogen and oxygen atoms in total. The fraction of sp³-hybridized carbons (Fsp3) is 0.500. The van der Waals surface area contributed by atoms with Crippen molar-refractivity contribution in [3.63, 3.8) is 0 Å². The van der Waals surface area contributed by atoms with Gasteiger partial charge < -0.3 is 19.1 Å². The normalized spacial score (nSPS) is 12.9. The summed E-state index contributed by atoms with van der Waals surface area (Å²) in [5, 5.41) is 0. The van der Waals surface area contributed by atoms with Gasteiger partial charge in [0.2, 0.25) is 0 Å². The highest BCUT2D eigenvalue weighted by Crippen LogP contribution is 2.24. The standard InChI is InChI=1S/C20H26N2O7/c1-4-29-17(23)13-21(9-11-28-3)18(24)14-6-7-15-16(12-14)20(26)22(19(15)25)8-5-10-27-2/h6-7,12H,4-5,8-11,13H2,1-3H3. The highest BCUT2D eigenvalue weighted by atomic mass is 16.5. The third kappa shape index (κ3) is 5.39. The van der Waals surface area contributed by atoms with E-state index in [0.29, 0.717) is 13.0 Å². The third-order valence-electron chi connectivity index (χ3n) is 4.43. The van der Waals surface area contributed by atoms with Crippen molar-refractivity contribution in [2.75, 3.05) is 53.7 Å². The zero-order valence-electron chi connectivity index (χ0n) is 16.9. The molecule has 0 aliphatic carbocycles. The minimum Gasteiger partial charge on any atom is -0.465 e. The van der Waals surface area contributed by atoms with E-state index in [1.807, 2.05) is 0 Å². The monoisotopic (exact) mass is 406 g/mol. The Morgan fingerprint density at radius 3 is 2.38 bits per heavy atom. The first kappa shape index (κ1) is 22.5. The minimum atomic E-state index is -0.534. The van der Waals surface area contributed by atoms with E-state index in [9.17, 15) is 19.2 Å². The Morgan fingerprint density at radius 1 is 1.03 bits per heavy atom. The molecular formula is C20H26N2O7. The topological polar surface area (TPSA) is 102 Å². The van der Waals surface area contributed by atoms with E-state index in [2.05, 4.69) is 0 Å². The van der Waals surface area contributed by atoms with Crippen molar-refractivity contribution >= 4 is 23.7 Å². The summed E-state index contributed by atoms with van der Waals surface area (Å²) in [4.78, 5) is 52.3. The van der Waals surface area contributed by atoms with Crippen molar-refractivity contribution < 1.29 is 33.4 Å². The maximum atomic E-state index is 12.9. The molecule has 1 aromatic carbocycles. The largest absolute Gasteiger partial charge is 0.465 e. The second kappa shape index (κ2) is 10.7. The maximum Gasteiger partial charge on any atom is 0.325 e. The molecule has 0 spiro atoms. The van der Waals surface area contributed by atoms with Crippen LogP contribution < -0.4 is 0 Å². The van der Waals surface area contributed by atoms with Gasteiger partial charge in [-0.25, -0.2) is 0 Å². The Bertz CT molecular complexity index is 778. The van der Waals surface area contributed by atoms with E-state index in [1.54, 1.807) is 14.0 Å². The molecule has 0 saturated carbocycles. The predicted molar refractivity (Wildman–Crippen MR) is 103 cm³/mol. The lowest BCUT2D eigenvalue weighted by Gasteiger charge is -2.21. The summed E-state index contributed by atoms with van der Waals surface area (Å²) in [7, 11) is 3.04. The van der Waals surface area contributed by atoms with Crippen LogP contribution in [0.2, 0.25) is 0 Å². The van der Waals surface area contributed by atoms with Gasteiger partial charge in [0.1, 0.15) is 6.54 Å². The molecule has 1 heterocycles. The fourth-order valence-electron chi connectivity index (χ4n) is 2.99. The van der Waals surface area contributed by atoms with Gasteiger partial charge in [-0.2, -0.15) is 0 Å². The number of esters is 1. The second-order valence-electron chi connectivity index (χ2n) is 6.39. The first-order valence-electron chi connectivity index (χ1n) is 9.37. The van der Waals surface area contributed by atoms with E-state index >= 15 is 0 Å². The molecule has 1 aliphatic rings. The van der Waals surface area contributed by atoms with Crippen LogP contribution in [-0.4, -0.2) is 87.2 Å². The number of hydrogen-bond donors (Lipinski definition) is 0. The molecule has 0 N–H and O–H groups in total. The van der Waals surface area contributed by atoms with Crippen molar-refractivity contribution in [1.82, 2.24) is 9.80 Å². The van der Waals surface area contributed by atoms with Crippen molar-refractivity contribution in [3.05, 3.63) is 34.9 Å². The molecule has 158 valence electrons. The van der Waals surface area contributed by atoms with Crippen LogP contribution in [0.5, 0.6) is 0 Å². The summed E-state index contributed by atoms with van der Waals surface area (Å²) in [6.45, 7) is 2.75. The van der Waals surface area contributed by atoms with Gasteiger partial charge in [0.05, 0.1) is 24.3 Å². The zero-order valence-corrected chi connectivity index (χ0v) is 16.9. The number of hydrogen-bond acceptors (Lipinski definition) is 7. The van der Waals surface area contributed by atoms with Gasteiger partial charge in [0.15, 0.2) is 0 Å². The summed E-state index contributed by atoms with van der Waals surface area (Å²) in [6, 6.07) is 4.35. The molecule has 1 aliphatic heterocycles. The number of ether oxygens (including phenoxy) is 3. The number of carbonyl (C=O) groups excluding carboxylic acids is 4. The van der Waals surface area contributed by atoms with Crippen LogP contribution >= 0.6 is 0 Å². The lowest BCUT2D eigenvalue weighted by Crippen LogP contribution is -2.38. The number of rotatable bonds is 11. The molecule has 9 heteroatoms. The average Bonchev–Trinajstić information content (AvgIpc) is 2.95. The van der Waals surface area contributed by atoms with Crippen molar-refractivity contribution in [2.24, 2.45) is 0 Å². The summed E-state index contributed by atoms with van der Waals surface area (Å²) >= 11 is 0. The summed E-state index contributed by atoms with van der Waals surface area (Å²) in [5.41, 5.74) is 0.655. The van der Waals surface area contributed by atoms with Crippen LogP contribution in [0.15, 0.2) is 18.2 Å². The van der Waals surface area contributed by atoms with Gasteiger partial charge in [0.25, 0.3) is 17.7 Å². The van der Waals surface area contributed by atoms with Gasteiger partial charge in [-0.1, -0.05) is 0 Å². The Hall–Kier alpha value is -2.78. The molecule has 0 aromatic heterocycles. The van der Waals surface area contributed by atoms with Crippen LogP contribution in [0.3, 0.4) is 0 Å². The summed E-state index contributed by atoms with van der Waals surface area (Å²) < 4.78 is 14.9. The van der Waals surface area contributed by atoms with E-state index < -0.39 is 17.8 Å². The number of benzene rings is 1. The van der Waals surface area contributed by atoms with Gasteiger partial charge in [-0.05, 0) is 31.5 Å². The first-order valence-corrected chi connectivity index (χ1v) is 9.37. The highest BCUT2D eigenvalue weighted by Gasteiger charge is 2.36. The van der Waals surface area contributed by atoms with E-state index in [4.69, 9.17) is 14.2 Å². The van der Waals surface area contributed by atoms with Crippen LogP contribution in [0.1, 0.15) is 44.4 Å². The Labute approximate surface area is 169 Å². The quantitative estimate of drug-likeness (QED) is 0.306. The van der Waals surface area contributed by atoms with Gasteiger partial charge >= 0.3 is 5.97 Å². The molecule has 0 atom stereocenters. The third-order valence-corrected chi connectivity index (χ3v) is 4.43. The number of carbonyl (C=O) groups is 4. The number of fused-ring (bicyclic) bond motifs is 1.